The maximum absolute atomic E-state index is 13.8. The van der Waals surface area contributed by atoms with Crippen molar-refractivity contribution < 1.29 is 27.5 Å². The number of rotatable bonds is 10. The van der Waals surface area contributed by atoms with Gasteiger partial charge in [0.15, 0.2) is 0 Å². The molecule has 1 saturated heterocycles. The van der Waals surface area contributed by atoms with E-state index in [1.165, 1.54) is 12.8 Å². The second kappa shape index (κ2) is 11.1. The van der Waals surface area contributed by atoms with Gasteiger partial charge in [-0.2, -0.15) is 4.37 Å². The highest BCUT2D eigenvalue weighted by molar-refractivity contribution is 7.11. The minimum absolute atomic E-state index is 0.0436. The topological polar surface area (TPSA) is 110 Å². The number of nitrogens with two attached hydrogens (primary N) is 1. The van der Waals surface area contributed by atoms with Crippen LogP contribution in [-0.4, -0.2) is 47.4 Å². The van der Waals surface area contributed by atoms with Crippen LogP contribution in [0.1, 0.15) is 41.6 Å². The van der Waals surface area contributed by atoms with Gasteiger partial charge in [0.1, 0.15) is 34.6 Å². The maximum atomic E-state index is 13.8. The Labute approximate surface area is 187 Å². The van der Waals surface area contributed by atoms with E-state index in [2.05, 4.69) is 19.9 Å². The van der Waals surface area contributed by atoms with Gasteiger partial charge in [-0.05, 0) is 56.9 Å². The summed E-state index contributed by atoms with van der Waals surface area (Å²) in [6, 6.07) is 0.486. The van der Waals surface area contributed by atoms with E-state index in [-0.39, 0.29) is 16.4 Å². The van der Waals surface area contributed by atoms with Crippen LogP contribution in [0.15, 0.2) is 12.1 Å². The molecule has 0 bridgehead atoms. The van der Waals surface area contributed by atoms with Gasteiger partial charge in [-0.1, -0.05) is 0 Å². The van der Waals surface area contributed by atoms with Gasteiger partial charge in [-0.3, -0.25) is 10.1 Å². The Balaban J connectivity index is 1.52. The number of hydrogen-bond acceptors (Lipinski definition) is 6. The SMILES string of the molecule is NC(=O)c1c(OCc2c(F)cc(F)cc2F)nsc1NC(=O)NCCCCN1CCCC1. The highest BCUT2D eigenvalue weighted by Crippen LogP contribution is 2.31. The molecule has 2 heterocycles. The molecule has 3 rings (SSSR count). The first-order valence-corrected chi connectivity index (χ1v) is 11.0. The summed E-state index contributed by atoms with van der Waals surface area (Å²) in [6.07, 6.45) is 4.23. The molecule has 1 aromatic carbocycles. The lowest BCUT2D eigenvalue weighted by Gasteiger charge is -2.14. The van der Waals surface area contributed by atoms with Crippen LogP contribution in [-0.2, 0) is 6.61 Å². The number of nitrogens with zero attached hydrogens (tertiary/aromatic N) is 2. The smallest absolute Gasteiger partial charge is 0.319 e. The Morgan fingerprint density at radius 1 is 1.16 bits per heavy atom. The van der Waals surface area contributed by atoms with E-state index in [1.807, 2.05) is 0 Å². The largest absolute Gasteiger partial charge is 0.471 e. The summed E-state index contributed by atoms with van der Waals surface area (Å²) in [5.74, 6) is -4.56. The van der Waals surface area contributed by atoms with Crippen LogP contribution in [0.4, 0.5) is 23.0 Å². The number of hydrogen-bond donors (Lipinski definition) is 3. The molecule has 0 radical (unpaired) electrons. The van der Waals surface area contributed by atoms with Gasteiger partial charge in [0.25, 0.3) is 5.91 Å². The lowest BCUT2D eigenvalue weighted by molar-refractivity contribution is 0.0996. The molecule has 0 atom stereocenters. The highest BCUT2D eigenvalue weighted by atomic mass is 32.1. The number of halogens is 3. The number of carbonyl (C=O) groups excluding carboxylic acids is 2. The van der Waals surface area contributed by atoms with E-state index in [0.29, 0.717) is 18.7 Å². The zero-order valence-corrected chi connectivity index (χ0v) is 18.1. The summed E-state index contributed by atoms with van der Waals surface area (Å²) < 4.78 is 49.7. The molecule has 1 aliphatic rings. The van der Waals surface area contributed by atoms with Crippen LogP contribution < -0.4 is 21.1 Å². The number of ether oxygens (including phenoxy) is 1. The van der Waals surface area contributed by atoms with Crippen LogP contribution in [0.5, 0.6) is 5.88 Å². The molecule has 32 heavy (non-hydrogen) atoms. The molecule has 0 aliphatic carbocycles. The Morgan fingerprint density at radius 2 is 1.84 bits per heavy atom. The van der Waals surface area contributed by atoms with Crippen LogP contribution in [0.2, 0.25) is 0 Å². The minimum Gasteiger partial charge on any atom is -0.471 e. The van der Waals surface area contributed by atoms with Gasteiger partial charge in [0.2, 0.25) is 5.88 Å². The monoisotopic (exact) mass is 471 g/mol. The summed E-state index contributed by atoms with van der Waals surface area (Å²) in [7, 11) is 0. The zero-order chi connectivity index (χ0) is 23.1. The predicted molar refractivity (Wildman–Crippen MR) is 113 cm³/mol. The molecule has 1 fully saturated rings. The molecule has 2 aromatic rings. The van der Waals surface area contributed by atoms with Gasteiger partial charge in [0.05, 0.1) is 5.56 Å². The fourth-order valence-corrected chi connectivity index (χ4v) is 4.08. The number of aromatic nitrogens is 1. The Kier molecular flexibility index (Phi) is 8.28. The molecule has 0 spiro atoms. The lowest BCUT2D eigenvalue weighted by Crippen LogP contribution is -2.30. The molecule has 3 amide bonds. The second-order valence-electron chi connectivity index (χ2n) is 7.33. The molecule has 0 saturated carbocycles. The molecule has 0 unspecified atom stereocenters. The normalized spacial score (nSPS) is 13.8. The molecule has 4 N–H and O–H groups in total. The van der Waals surface area contributed by atoms with Crippen molar-refractivity contribution in [1.29, 1.82) is 0 Å². The van der Waals surface area contributed by atoms with Crippen molar-refractivity contribution in [1.82, 2.24) is 14.6 Å². The fraction of sp³-hybridized carbons (Fsp3) is 0.450. The summed E-state index contributed by atoms with van der Waals surface area (Å²) in [5, 5.41) is 5.23. The van der Waals surface area contributed by atoms with Gasteiger partial charge >= 0.3 is 6.03 Å². The van der Waals surface area contributed by atoms with Crippen molar-refractivity contribution in [3.63, 3.8) is 0 Å². The summed E-state index contributed by atoms with van der Waals surface area (Å²) in [6.45, 7) is 3.06. The fourth-order valence-electron chi connectivity index (χ4n) is 3.34. The first-order chi connectivity index (χ1) is 15.3. The van der Waals surface area contributed by atoms with Gasteiger partial charge in [0, 0.05) is 18.7 Å². The standard InChI is InChI=1S/C20H24F3N5O3S/c21-12-9-14(22)13(15(23)10-12)11-31-18-16(17(24)29)19(32-27-18)26-20(30)25-5-1-2-6-28-7-3-4-8-28/h9-10H,1-8,11H2,(H2,24,29)(H2,25,26,30). The third-order valence-corrected chi connectivity index (χ3v) is 5.72. The summed E-state index contributed by atoms with van der Waals surface area (Å²) >= 11 is 0.737. The zero-order valence-electron chi connectivity index (χ0n) is 17.3. The molecule has 174 valence electrons. The summed E-state index contributed by atoms with van der Waals surface area (Å²) in [5.41, 5.74) is 4.61. The van der Waals surface area contributed by atoms with Crippen molar-refractivity contribution in [2.24, 2.45) is 5.73 Å². The first-order valence-electron chi connectivity index (χ1n) is 10.2. The van der Waals surface area contributed by atoms with E-state index in [9.17, 15) is 22.8 Å². The number of anilines is 1. The average molecular weight is 472 g/mol. The number of amides is 3. The van der Waals surface area contributed by atoms with Crippen molar-refractivity contribution in [3.8, 4) is 5.88 Å². The van der Waals surface area contributed by atoms with E-state index in [4.69, 9.17) is 10.5 Å². The molecular formula is C20H24F3N5O3S. The van der Waals surface area contributed by atoms with Crippen LogP contribution in [0.3, 0.4) is 0 Å². The highest BCUT2D eigenvalue weighted by Gasteiger charge is 2.23. The molecule has 12 heteroatoms. The van der Waals surface area contributed by atoms with Crippen LogP contribution in [0, 0.1) is 17.5 Å². The van der Waals surface area contributed by atoms with Crippen LogP contribution in [0.25, 0.3) is 0 Å². The van der Waals surface area contributed by atoms with Gasteiger partial charge in [-0.25, -0.2) is 18.0 Å². The minimum atomic E-state index is -1.14. The van der Waals surface area contributed by atoms with E-state index < -0.39 is 41.6 Å². The van der Waals surface area contributed by atoms with Crippen molar-refractivity contribution in [3.05, 3.63) is 40.7 Å². The number of likely N-dealkylation sites (tertiary alicyclic amines) is 1. The summed E-state index contributed by atoms with van der Waals surface area (Å²) in [4.78, 5) is 26.4. The average Bonchev–Trinajstić information content (AvgIpc) is 3.37. The number of carbonyl (C=O) groups is 2. The Bertz CT molecular complexity index is 943. The number of unbranched alkanes of at least 4 members (excludes halogenated alkanes) is 1. The van der Waals surface area contributed by atoms with Crippen molar-refractivity contribution in [2.45, 2.75) is 32.3 Å². The number of benzene rings is 1. The van der Waals surface area contributed by atoms with E-state index >= 15 is 0 Å². The number of nitrogens with one attached hydrogen (secondary N) is 2. The number of primary amides is 1. The van der Waals surface area contributed by atoms with E-state index in [1.54, 1.807) is 0 Å². The number of urea groups is 1. The molecule has 1 aliphatic heterocycles. The third kappa shape index (κ3) is 6.33. The molecule has 1 aromatic heterocycles. The van der Waals surface area contributed by atoms with E-state index in [0.717, 1.165) is 44.0 Å². The predicted octanol–water partition coefficient (Wildman–Crippen LogP) is 3.24. The quantitative estimate of drug-likeness (QED) is 0.461. The maximum Gasteiger partial charge on any atom is 0.319 e. The van der Waals surface area contributed by atoms with Crippen molar-refractivity contribution in [2.75, 3.05) is 31.5 Å². The van der Waals surface area contributed by atoms with Crippen molar-refractivity contribution >= 4 is 28.5 Å². The van der Waals surface area contributed by atoms with Crippen LogP contribution >= 0.6 is 11.5 Å². The first kappa shape index (κ1) is 23.8. The molecule has 8 nitrogen and oxygen atoms in total. The third-order valence-electron chi connectivity index (χ3n) is 4.98. The second-order valence-corrected chi connectivity index (χ2v) is 8.10. The molecular weight excluding hydrogens is 447 g/mol. The Hall–Kier alpha value is -2.86. The lowest BCUT2D eigenvalue weighted by atomic mass is 10.2. The Morgan fingerprint density at radius 3 is 2.50 bits per heavy atom. The van der Waals surface area contributed by atoms with Gasteiger partial charge in [-0.15, -0.1) is 0 Å². The van der Waals surface area contributed by atoms with Gasteiger partial charge < -0.3 is 20.7 Å².